The second-order valence-electron chi connectivity index (χ2n) is 6.05. The number of nitrogens with one attached hydrogen (secondary N) is 2. The van der Waals surface area contributed by atoms with Gasteiger partial charge >= 0.3 is 0 Å². The fourth-order valence-electron chi connectivity index (χ4n) is 1.84. The second kappa shape index (κ2) is 5.89. The quantitative estimate of drug-likeness (QED) is 0.827. The predicted octanol–water partition coefficient (Wildman–Crippen LogP) is 2.23. The standard InChI is InChI=1S/C15H17Cl2N3O2/c1-14(2,3)12(21)20-15(11(16)17)13(22)18-10(19-15)9-7-5-4-6-8-9/h4-8,11H,1-3H3,(H,20,21)(H,18,19,22)/t15-/m0/s1. The average molecular weight is 342 g/mol. The van der Waals surface area contributed by atoms with Crippen LogP contribution in [-0.2, 0) is 9.59 Å². The Morgan fingerprint density at radius 3 is 2.36 bits per heavy atom. The molecule has 1 aromatic rings. The van der Waals surface area contributed by atoms with E-state index in [1.807, 2.05) is 18.2 Å². The number of nitrogens with zero attached hydrogens (tertiary/aromatic N) is 1. The Morgan fingerprint density at radius 2 is 1.86 bits per heavy atom. The molecular formula is C15H17Cl2N3O2. The van der Waals surface area contributed by atoms with Crippen molar-refractivity contribution in [1.82, 2.24) is 10.6 Å². The second-order valence-corrected chi connectivity index (χ2v) is 7.15. The lowest BCUT2D eigenvalue weighted by Crippen LogP contribution is -2.60. The summed E-state index contributed by atoms with van der Waals surface area (Å²) in [4.78, 5) is 27.7. The smallest absolute Gasteiger partial charge is 0.277 e. The fraction of sp³-hybridized carbons (Fsp3) is 0.400. The minimum atomic E-state index is -1.72. The number of halogens is 2. The first-order valence-electron chi connectivity index (χ1n) is 6.74. The summed E-state index contributed by atoms with van der Waals surface area (Å²) in [6, 6.07) is 9.06. The number of amides is 2. The van der Waals surface area contributed by atoms with Crippen LogP contribution in [0.4, 0.5) is 0 Å². The van der Waals surface area contributed by atoms with E-state index in [1.165, 1.54) is 0 Å². The molecular weight excluding hydrogens is 325 g/mol. The van der Waals surface area contributed by atoms with Crippen molar-refractivity contribution in [1.29, 1.82) is 0 Å². The Hall–Kier alpha value is -1.59. The zero-order chi connectivity index (χ0) is 16.5. The van der Waals surface area contributed by atoms with Crippen molar-refractivity contribution >= 4 is 40.9 Å². The highest BCUT2D eigenvalue weighted by atomic mass is 35.5. The van der Waals surface area contributed by atoms with E-state index in [2.05, 4.69) is 15.6 Å². The molecule has 0 spiro atoms. The van der Waals surface area contributed by atoms with E-state index in [0.717, 1.165) is 0 Å². The number of aliphatic imine (C=N–C) groups is 1. The SMILES string of the molecule is CC(C)(C)C(=O)N[C@]1(C(Cl)Cl)N=C(c2ccccc2)NC1=O. The van der Waals surface area contributed by atoms with Crippen LogP contribution in [-0.4, -0.2) is 28.1 Å². The Balaban J connectivity index is 2.41. The largest absolute Gasteiger partial charge is 0.321 e. The van der Waals surface area contributed by atoms with E-state index in [1.54, 1.807) is 32.9 Å². The van der Waals surface area contributed by atoms with Gasteiger partial charge in [0.2, 0.25) is 11.6 Å². The summed E-state index contributed by atoms with van der Waals surface area (Å²) in [6.07, 6.45) is 0. The third-order valence-electron chi connectivity index (χ3n) is 3.21. The van der Waals surface area contributed by atoms with E-state index in [0.29, 0.717) is 11.4 Å². The van der Waals surface area contributed by atoms with Gasteiger partial charge in [-0.2, -0.15) is 0 Å². The highest BCUT2D eigenvalue weighted by molar-refractivity contribution is 6.47. The van der Waals surface area contributed by atoms with Crippen molar-refractivity contribution in [2.24, 2.45) is 10.4 Å². The first-order valence-corrected chi connectivity index (χ1v) is 7.61. The molecule has 0 saturated carbocycles. The van der Waals surface area contributed by atoms with Crippen molar-refractivity contribution in [3.8, 4) is 0 Å². The Morgan fingerprint density at radius 1 is 1.27 bits per heavy atom. The normalized spacial score (nSPS) is 21.5. The van der Waals surface area contributed by atoms with Crippen LogP contribution < -0.4 is 10.6 Å². The maximum absolute atomic E-state index is 12.4. The van der Waals surface area contributed by atoms with Crippen LogP contribution in [0.5, 0.6) is 0 Å². The van der Waals surface area contributed by atoms with E-state index >= 15 is 0 Å². The minimum Gasteiger partial charge on any atom is -0.321 e. The van der Waals surface area contributed by atoms with Crippen LogP contribution in [0.1, 0.15) is 26.3 Å². The molecule has 0 bridgehead atoms. The van der Waals surface area contributed by atoms with E-state index in [-0.39, 0.29) is 5.91 Å². The zero-order valence-electron chi connectivity index (χ0n) is 12.5. The summed E-state index contributed by atoms with van der Waals surface area (Å²) in [5.41, 5.74) is -1.73. The monoisotopic (exact) mass is 341 g/mol. The van der Waals surface area contributed by atoms with E-state index in [4.69, 9.17) is 23.2 Å². The topological polar surface area (TPSA) is 70.6 Å². The lowest BCUT2D eigenvalue weighted by Gasteiger charge is -2.29. The van der Waals surface area contributed by atoms with Gasteiger partial charge in [0, 0.05) is 11.0 Å². The molecule has 0 aliphatic carbocycles. The summed E-state index contributed by atoms with van der Waals surface area (Å²) >= 11 is 11.9. The molecule has 118 valence electrons. The Labute approximate surface area is 139 Å². The Kier molecular flexibility index (Phi) is 4.49. The van der Waals surface area contributed by atoms with Gasteiger partial charge in [-0.05, 0) is 0 Å². The number of amidine groups is 1. The summed E-state index contributed by atoms with van der Waals surface area (Å²) < 4.78 is 0. The van der Waals surface area contributed by atoms with Crippen molar-refractivity contribution in [2.45, 2.75) is 31.3 Å². The van der Waals surface area contributed by atoms with E-state index < -0.39 is 21.8 Å². The van der Waals surface area contributed by atoms with Gasteiger partial charge in [-0.1, -0.05) is 74.3 Å². The van der Waals surface area contributed by atoms with Gasteiger partial charge in [0.25, 0.3) is 5.91 Å². The average Bonchev–Trinajstić information content (AvgIpc) is 2.77. The number of alkyl halides is 2. The molecule has 1 aliphatic heterocycles. The van der Waals surface area contributed by atoms with Crippen molar-refractivity contribution in [3.63, 3.8) is 0 Å². The lowest BCUT2D eigenvalue weighted by atomic mass is 9.94. The van der Waals surface area contributed by atoms with Crippen LogP contribution in [0.3, 0.4) is 0 Å². The van der Waals surface area contributed by atoms with Crippen LogP contribution in [0.25, 0.3) is 0 Å². The number of benzene rings is 1. The minimum absolute atomic E-state index is 0.325. The summed E-state index contributed by atoms with van der Waals surface area (Å²) in [5.74, 6) is -0.600. The zero-order valence-corrected chi connectivity index (χ0v) is 14.0. The molecule has 1 aromatic carbocycles. The molecule has 1 heterocycles. The number of hydrogen-bond donors (Lipinski definition) is 2. The molecule has 0 saturated heterocycles. The summed E-state index contributed by atoms with van der Waals surface area (Å²) in [6.45, 7) is 5.17. The highest BCUT2D eigenvalue weighted by Gasteiger charge is 2.51. The van der Waals surface area contributed by atoms with Crippen molar-refractivity contribution in [2.75, 3.05) is 0 Å². The molecule has 0 radical (unpaired) electrons. The van der Waals surface area contributed by atoms with Gasteiger partial charge in [0.05, 0.1) is 0 Å². The van der Waals surface area contributed by atoms with Gasteiger partial charge in [0.1, 0.15) is 5.84 Å². The predicted molar refractivity (Wildman–Crippen MR) is 86.9 cm³/mol. The number of hydrogen-bond acceptors (Lipinski definition) is 3. The van der Waals surface area contributed by atoms with Crippen molar-refractivity contribution < 1.29 is 9.59 Å². The first kappa shape index (κ1) is 16.8. The molecule has 2 N–H and O–H groups in total. The molecule has 2 rings (SSSR count). The number of carbonyl (C=O) groups excluding carboxylic acids is 2. The van der Waals surface area contributed by atoms with Crippen LogP contribution in [0.2, 0.25) is 0 Å². The lowest BCUT2D eigenvalue weighted by molar-refractivity contribution is -0.135. The summed E-state index contributed by atoms with van der Waals surface area (Å²) in [7, 11) is 0. The molecule has 1 atom stereocenters. The highest BCUT2D eigenvalue weighted by Crippen LogP contribution is 2.29. The maximum atomic E-state index is 12.4. The van der Waals surface area contributed by atoms with Crippen LogP contribution in [0.15, 0.2) is 35.3 Å². The third kappa shape index (κ3) is 3.10. The third-order valence-corrected chi connectivity index (χ3v) is 3.85. The first-order chi connectivity index (χ1) is 10.2. The van der Waals surface area contributed by atoms with Gasteiger partial charge in [-0.25, -0.2) is 4.99 Å². The summed E-state index contributed by atoms with van der Waals surface area (Å²) in [5, 5.41) is 5.21. The van der Waals surface area contributed by atoms with Gasteiger partial charge in [-0.15, -0.1) is 0 Å². The van der Waals surface area contributed by atoms with Crippen LogP contribution >= 0.6 is 23.2 Å². The molecule has 0 fully saturated rings. The van der Waals surface area contributed by atoms with Crippen LogP contribution in [0, 0.1) is 5.41 Å². The van der Waals surface area contributed by atoms with Gasteiger partial charge < -0.3 is 10.6 Å². The number of rotatable bonds is 3. The Bertz CT molecular complexity index is 623. The molecule has 7 heteroatoms. The molecule has 2 amide bonds. The molecule has 1 aliphatic rings. The molecule has 0 unspecified atom stereocenters. The molecule has 5 nitrogen and oxygen atoms in total. The maximum Gasteiger partial charge on any atom is 0.277 e. The number of carbonyl (C=O) groups is 2. The molecule has 22 heavy (non-hydrogen) atoms. The van der Waals surface area contributed by atoms with E-state index in [9.17, 15) is 9.59 Å². The van der Waals surface area contributed by atoms with Gasteiger partial charge in [0.15, 0.2) is 4.84 Å². The van der Waals surface area contributed by atoms with Gasteiger partial charge in [-0.3, -0.25) is 9.59 Å². The fourth-order valence-corrected chi connectivity index (χ4v) is 2.24. The molecule has 0 aromatic heterocycles. The van der Waals surface area contributed by atoms with Crippen molar-refractivity contribution in [3.05, 3.63) is 35.9 Å².